The third-order valence-electron chi connectivity index (χ3n) is 13.9. The molecule has 0 aliphatic heterocycles. The fraction of sp³-hybridized carbons (Fsp3) is 0.871. The van der Waals surface area contributed by atoms with Gasteiger partial charge < -0.3 is 20.3 Å². The third kappa shape index (κ3) is 53.4. The van der Waals surface area contributed by atoms with Gasteiger partial charge in [0.1, 0.15) is 0 Å². The van der Waals surface area contributed by atoms with Gasteiger partial charge in [-0.15, -0.1) is 0 Å². The van der Waals surface area contributed by atoms with Crippen LogP contribution in [0.5, 0.6) is 0 Å². The van der Waals surface area contributed by atoms with Gasteiger partial charge in [-0.3, -0.25) is 9.59 Å². The number of rotatable bonds is 56. The maximum absolute atomic E-state index is 12.5. The lowest BCUT2D eigenvalue weighted by atomic mass is 10.0. The van der Waals surface area contributed by atoms with Crippen LogP contribution >= 0.6 is 0 Å². The zero-order valence-electron chi connectivity index (χ0n) is 45.6. The average molecular weight is 957 g/mol. The Morgan fingerprint density at radius 3 is 1.13 bits per heavy atom. The van der Waals surface area contributed by atoms with Gasteiger partial charge in [-0.1, -0.05) is 262 Å². The van der Waals surface area contributed by atoms with Crippen LogP contribution in [0.3, 0.4) is 0 Å². The Morgan fingerprint density at radius 1 is 0.412 bits per heavy atom. The highest BCUT2D eigenvalue weighted by molar-refractivity contribution is 5.76. The van der Waals surface area contributed by atoms with Gasteiger partial charge in [0.05, 0.1) is 25.4 Å². The number of aliphatic hydroxyl groups excluding tert-OH is 2. The van der Waals surface area contributed by atoms with Crippen LogP contribution in [0.2, 0.25) is 0 Å². The van der Waals surface area contributed by atoms with E-state index >= 15 is 0 Å². The van der Waals surface area contributed by atoms with Crippen molar-refractivity contribution in [3.05, 3.63) is 36.5 Å². The number of ether oxygens (including phenoxy) is 1. The second-order valence-corrected chi connectivity index (χ2v) is 20.7. The molecule has 1 amide bonds. The molecule has 6 heteroatoms. The van der Waals surface area contributed by atoms with Crippen molar-refractivity contribution in [2.45, 2.75) is 334 Å². The topological polar surface area (TPSA) is 95.9 Å². The summed E-state index contributed by atoms with van der Waals surface area (Å²) in [5.74, 6) is -0.0462. The van der Waals surface area contributed by atoms with E-state index in [4.69, 9.17) is 4.74 Å². The summed E-state index contributed by atoms with van der Waals surface area (Å²) >= 11 is 0. The van der Waals surface area contributed by atoms with E-state index in [-0.39, 0.29) is 18.5 Å². The third-order valence-corrected chi connectivity index (χ3v) is 13.9. The van der Waals surface area contributed by atoms with Gasteiger partial charge in [0.2, 0.25) is 5.91 Å². The average Bonchev–Trinajstić information content (AvgIpc) is 3.34. The number of unbranched alkanes of at least 4 members (excludes halogenated alkanes) is 39. The largest absolute Gasteiger partial charge is 0.466 e. The van der Waals surface area contributed by atoms with Gasteiger partial charge in [0, 0.05) is 12.8 Å². The lowest BCUT2D eigenvalue weighted by molar-refractivity contribution is -0.143. The predicted molar refractivity (Wildman–Crippen MR) is 296 cm³/mol. The first-order valence-corrected chi connectivity index (χ1v) is 30.2. The highest BCUT2D eigenvalue weighted by atomic mass is 16.5. The van der Waals surface area contributed by atoms with Crippen molar-refractivity contribution in [1.29, 1.82) is 0 Å². The lowest BCUT2D eigenvalue weighted by Crippen LogP contribution is -2.45. The molecule has 2 unspecified atom stereocenters. The van der Waals surface area contributed by atoms with Crippen LogP contribution in [-0.4, -0.2) is 47.4 Å². The minimum absolute atomic E-state index is 0.000953. The summed E-state index contributed by atoms with van der Waals surface area (Å²) in [4.78, 5) is 24.5. The van der Waals surface area contributed by atoms with Crippen LogP contribution < -0.4 is 5.32 Å². The minimum Gasteiger partial charge on any atom is -0.466 e. The van der Waals surface area contributed by atoms with Crippen molar-refractivity contribution in [3.63, 3.8) is 0 Å². The molecule has 0 aliphatic rings. The molecule has 68 heavy (non-hydrogen) atoms. The molecule has 3 N–H and O–H groups in total. The van der Waals surface area contributed by atoms with Crippen LogP contribution in [0.1, 0.15) is 322 Å². The number of esters is 1. The van der Waals surface area contributed by atoms with Crippen LogP contribution in [0, 0.1) is 0 Å². The maximum atomic E-state index is 12.5. The number of hydrogen-bond donors (Lipinski definition) is 3. The van der Waals surface area contributed by atoms with Crippen molar-refractivity contribution >= 4 is 11.9 Å². The molecular formula is C62H117NO5. The summed E-state index contributed by atoms with van der Waals surface area (Å²) in [5, 5.41) is 23.2. The summed E-state index contributed by atoms with van der Waals surface area (Å²) in [6.45, 7) is 4.94. The molecule has 0 saturated carbocycles. The quantitative estimate of drug-likeness (QED) is 0.0321. The fourth-order valence-electron chi connectivity index (χ4n) is 9.25. The summed E-state index contributed by atoms with van der Waals surface area (Å²) in [7, 11) is 0. The molecule has 0 aliphatic carbocycles. The highest BCUT2D eigenvalue weighted by Crippen LogP contribution is 2.17. The summed E-state index contributed by atoms with van der Waals surface area (Å²) in [5.41, 5.74) is 0. The number of aliphatic hydroxyl groups is 2. The monoisotopic (exact) mass is 956 g/mol. The minimum atomic E-state index is -0.670. The Kier molecular flexibility index (Phi) is 56.0. The van der Waals surface area contributed by atoms with Gasteiger partial charge in [0.25, 0.3) is 0 Å². The lowest BCUT2D eigenvalue weighted by Gasteiger charge is -2.22. The van der Waals surface area contributed by atoms with E-state index in [2.05, 4.69) is 55.6 Å². The first kappa shape index (κ1) is 66.1. The first-order valence-electron chi connectivity index (χ1n) is 30.2. The van der Waals surface area contributed by atoms with Gasteiger partial charge in [-0.2, -0.15) is 0 Å². The van der Waals surface area contributed by atoms with Crippen LogP contribution in [0.4, 0.5) is 0 Å². The van der Waals surface area contributed by atoms with Crippen molar-refractivity contribution in [3.8, 4) is 0 Å². The normalized spacial score (nSPS) is 12.8. The summed E-state index contributed by atoms with van der Waals surface area (Å²) in [6.07, 6.45) is 71.5. The van der Waals surface area contributed by atoms with E-state index in [0.29, 0.717) is 25.9 Å². The van der Waals surface area contributed by atoms with Gasteiger partial charge in [0.15, 0.2) is 0 Å². The van der Waals surface area contributed by atoms with Crippen molar-refractivity contribution in [2.24, 2.45) is 0 Å². The number of carbonyl (C=O) groups excluding carboxylic acids is 2. The zero-order valence-corrected chi connectivity index (χ0v) is 45.6. The fourth-order valence-corrected chi connectivity index (χ4v) is 9.25. The Labute approximate surface area is 424 Å². The Bertz CT molecular complexity index is 1100. The SMILES string of the molecule is CCCCCCCC/C=C\CCCCCCCC(=O)OCCCCCCCCCCC/C=C\C/C=C\CCCCCCCCCC(=O)NC(CO)C(O)CCCCCCCCCCCCCCC. The van der Waals surface area contributed by atoms with E-state index in [1.54, 1.807) is 0 Å². The number of allylic oxidation sites excluding steroid dienone is 6. The summed E-state index contributed by atoms with van der Waals surface area (Å²) in [6, 6.07) is -0.549. The number of amides is 1. The molecular weight excluding hydrogens is 839 g/mol. The molecule has 0 radical (unpaired) electrons. The molecule has 0 aromatic heterocycles. The van der Waals surface area contributed by atoms with Crippen LogP contribution in [0.25, 0.3) is 0 Å². The van der Waals surface area contributed by atoms with E-state index in [1.165, 1.54) is 231 Å². The smallest absolute Gasteiger partial charge is 0.305 e. The summed E-state index contributed by atoms with van der Waals surface area (Å²) < 4.78 is 5.47. The molecule has 0 aromatic rings. The van der Waals surface area contributed by atoms with Gasteiger partial charge in [-0.05, 0) is 83.5 Å². The van der Waals surface area contributed by atoms with Crippen LogP contribution in [-0.2, 0) is 14.3 Å². The molecule has 0 aromatic carbocycles. The van der Waals surface area contributed by atoms with Gasteiger partial charge in [-0.25, -0.2) is 0 Å². The first-order chi connectivity index (χ1) is 33.5. The van der Waals surface area contributed by atoms with Gasteiger partial charge >= 0.3 is 5.97 Å². The van der Waals surface area contributed by atoms with E-state index in [1.807, 2.05) is 0 Å². The van der Waals surface area contributed by atoms with Crippen molar-refractivity contribution in [1.82, 2.24) is 5.32 Å². The molecule has 0 heterocycles. The molecule has 6 nitrogen and oxygen atoms in total. The maximum Gasteiger partial charge on any atom is 0.305 e. The zero-order chi connectivity index (χ0) is 49.3. The second kappa shape index (κ2) is 57.7. The second-order valence-electron chi connectivity index (χ2n) is 20.7. The van der Waals surface area contributed by atoms with Crippen molar-refractivity contribution in [2.75, 3.05) is 13.2 Å². The molecule has 0 rings (SSSR count). The standard InChI is InChI=1S/C62H117NO5/c1-3-5-7-9-11-13-15-17-27-32-36-40-44-48-52-56-62(67)68-57-53-49-45-41-37-33-29-26-24-22-20-18-19-21-23-25-28-31-35-39-43-47-51-55-61(66)63-59(58-64)60(65)54-50-46-42-38-34-30-16-14-12-10-8-6-4-2/h17-18,20-21,23,27,59-60,64-65H,3-16,19,22,24-26,28-58H2,1-2H3,(H,63,66)/b20-18-,23-21-,27-17-. The Hall–Kier alpha value is -1.92. The predicted octanol–water partition coefficient (Wildman–Crippen LogP) is 18.8. The highest BCUT2D eigenvalue weighted by Gasteiger charge is 2.20. The Morgan fingerprint density at radius 2 is 0.735 bits per heavy atom. The van der Waals surface area contributed by atoms with E-state index in [0.717, 1.165) is 57.8 Å². The molecule has 0 saturated heterocycles. The Balaban J connectivity index is 3.44. The van der Waals surface area contributed by atoms with Crippen molar-refractivity contribution < 1.29 is 24.5 Å². The number of carbonyl (C=O) groups is 2. The number of nitrogens with one attached hydrogen (secondary N) is 1. The number of hydrogen-bond acceptors (Lipinski definition) is 5. The van der Waals surface area contributed by atoms with E-state index in [9.17, 15) is 19.8 Å². The van der Waals surface area contributed by atoms with E-state index < -0.39 is 12.1 Å². The molecule has 2 atom stereocenters. The molecule has 0 bridgehead atoms. The van der Waals surface area contributed by atoms with Crippen LogP contribution in [0.15, 0.2) is 36.5 Å². The molecule has 0 fully saturated rings. The molecule has 0 spiro atoms. The molecule has 400 valence electrons.